The summed E-state index contributed by atoms with van der Waals surface area (Å²) < 4.78 is 18.0. The van der Waals surface area contributed by atoms with Crippen LogP contribution in [0.15, 0.2) is 0 Å². The Kier molecular flexibility index (Phi) is 7.97. The highest BCUT2D eigenvalue weighted by Crippen LogP contribution is 2.48. The second-order valence-corrected chi connectivity index (χ2v) is 8.08. The van der Waals surface area contributed by atoms with Gasteiger partial charge in [-0.15, -0.1) is 0 Å². The van der Waals surface area contributed by atoms with E-state index in [0.717, 1.165) is 12.3 Å². The van der Waals surface area contributed by atoms with Crippen molar-refractivity contribution in [3.63, 3.8) is 0 Å². The number of rotatable bonds is 7. The van der Waals surface area contributed by atoms with Crippen LogP contribution in [0.3, 0.4) is 0 Å². The predicted molar refractivity (Wildman–Crippen MR) is 85.6 cm³/mol. The van der Waals surface area contributed by atoms with Crippen LogP contribution in [0, 0.1) is 17.8 Å². The first-order valence-electron chi connectivity index (χ1n) is 8.10. The molecule has 0 aliphatic heterocycles. The van der Waals surface area contributed by atoms with Crippen LogP contribution in [0.25, 0.3) is 0 Å². The Hall–Kier alpha value is 0.310. The molecule has 0 aromatic heterocycles. The maximum atomic E-state index is 6.28. The Morgan fingerprint density at radius 2 is 1.45 bits per heavy atom. The van der Waals surface area contributed by atoms with E-state index in [9.17, 15) is 0 Å². The molecule has 0 bridgehead atoms. The molecule has 20 heavy (non-hydrogen) atoms. The van der Waals surface area contributed by atoms with Crippen molar-refractivity contribution in [1.29, 1.82) is 0 Å². The molecular weight excluding hydrogens is 271 g/mol. The maximum Gasteiger partial charge on any atom is 0.333 e. The number of hydrogen-bond donors (Lipinski definition) is 0. The first-order valence-corrected chi connectivity index (χ1v) is 9.19. The molecule has 0 spiro atoms. The quantitative estimate of drug-likeness (QED) is 0.578. The molecule has 0 aromatic rings. The minimum atomic E-state index is -1.23. The molecule has 1 aliphatic rings. The van der Waals surface area contributed by atoms with Crippen LogP contribution < -0.4 is 0 Å². The summed E-state index contributed by atoms with van der Waals surface area (Å²) in [6, 6.07) is 0. The van der Waals surface area contributed by atoms with Gasteiger partial charge in [0.25, 0.3) is 0 Å². The van der Waals surface area contributed by atoms with E-state index >= 15 is 0 Å². The van der Waals surface area contributed by atoms with Crippen LogP contribution in [0.4, 0.5) is 0 Å². The third kappa shape index (κ3) is 6.39. The Morgan fingerprint density at radius 3 is 1.90 bits per heavy atom. The van der Waals surface area contributed by atoms with Crippen molar-refractivity contribution in [2.24, 2.45) is 17.8 Å². The minimum absolute atomic E-state index is 0.137. The summed E-state index contributed by atoms with van der Waals surface area (Å²) in [5.74, 6) is 2.02. The molecule has 1 fully saturated rings. The van der Waals surface area contributed by atoms with E-state index in [2.05, 4.69) is 20.8 Å². The molecule has 4 heteroatoms. The van der Waals surface area contributed by atoms with E-state index in [1.165, 1.54) is 12.8 Å². The molecule has 0 N–H and O–H groups in total. The lowest BCUT2D eigenvalue weighted by atomic mass is 9.75. The molecule has 0 radical (unpaired) electrons. The van der Waals surface area contributed by atoms with E-state index in [-0.39, 0.29) is 18.3 Å². The van der Waals surface area contributed by atoms with Gasteiger partial charge in [0, 0.05) is 0 Å². The van der Waals surface area contributed by atoms with Crippen molar-refractivity contribution in [1.82, 2.24) is 0 Å². The molecule has 1 rings (SSSR count). The largest absolute Gasteiger partial charge is 0.333 e. The second-order valence-electron chi connectivity index (χ2n) is 7.00. The van der Waals surface area contributed by atoms with Gasteiger partial charge in [-0.2, -0.15) is 0 Å². The summed E-state index contributed by atoms with van der Waals surface area (Å²) in [7, 11) is -1.23. The lowest BCUT2D eigenvalue weighted by Crippen LogP contribution is -2.33. The fraction of sp³-hybridized carbons (Fsp3) is 1.00. The van der Waals surface area contributed by atoms with E-state index in [1.807, 2.05) is 27.7 Å². The van der Waals surface area contributed by atoms with Crippen LogP contribution in [0.1, 0.15) is 67.7 Å². The van der Waals surface area contributed by atoms with Crippen LogP contribution in [0.5, 0.6) is 0 Å². The zero-order valence-electron chi connectivity index (χ0n) is 14.3. The molecular formula is C16H33O3P. The fourth-order valence-electron chi connectivity index (χ4n) is 2.77. The molecule has 3 atom stereocenters. The maximum absolute atomic E-state index is 6.28. The van der Waals surface area contributed by atoms with Gasteiger partial charge in [-0.05, 0) is 58.3 Å². The summed E-state index contributed by atoms with van der Waals surface area (Å²) in [6.45, 7) is 15.1. The van der Waals surface area contributed by atoms with Crippen molar-refractivity contribution < 1.29 is 13.6 Å². The molecule has 3 unspecified atom stereocenters. The van der Waals surface area contributed by atoms with Crippen LogP contribution in [0.2, 0.25) is 0 Å². The normalized spacial score (nSPS) is 28.1. The molecule has 1 aliphatic carbocycles. The first-order chi connectivity index (χ1) is 9.29. The Labute approximate surface area is 126 Å². The Morgan fingerprint density at radius 1 is 0.900 bits per heavy atom. The van der Waals surface area contributed by atoms with E-state index in [4.69, 9.17) is 13.6 Å². The van der Waals surface area contributed by atoms with Gasteiger partial charge in [0.1, 0.15) is 0 Å². The second kappa shape index (κ2) is 8.68. The van der Waals surface area contributed by atoms with E-state index in [0.29, 0.717) is 11.8 Å². The highest BCUT2D eigenvalue weighted by Gasteiger charge is 2.34. The third-order valence-electron chi connectivity index (χ3n) is 3.78. The monoisotopic (exact) mass is 304 g/mol. The van der Waals surface area contributed by atoms with Crippen molar-refractivity contribution in [2.45, 2.75) is 86.0 Å². The minimum Gasteiger partial charge on any atom is -0.309 e. The predicted octanol–water partition coefficient (Wildman–Crippen LogP) is 5.54. The molecule has 120 valence electrons. The molecule has 0 aromatic carbocycles. The van der Waals surface area contributed by atoms with Gasteiger partial charge in [0.2, 0.25) is 0 Å². The third-order valence-corrected chi connectivity index (χ3v) is 5.41. The zero-order chi connectivity index (χ0) is 15.3. The average Bonchev–Trinajstić information content (AvgIpc) is 2.26. The lowest BCUT2D eigenvalue weighted by molar-refractivity contribution is 0.0124. The molecule has 0 heterocycles. The average molecular weight is 304 g/mol. The SMILES string of the molecule is CC1CCC(C(C)C)C(OP(OC(C)C)OC(C)C)C1. The zero-order valence-corrected chi connectivity index (χ0v) is 15.2. The summed E-state index contributed by atoms with van der Waals surface area (Å²) in [5, 5.41) is 0. The Bertz CT molecular complexity index is 258. The van der Waals surface area contributed by atoms with E-state index < -0.39 is 8.60 Å². The number of hydrogen-bond acceptors (Lipinski definition) is 3. The van der Waals surface area contributed by atoms with Crippen molar-refractivity contribution in [3.05, 3.63) is 0 Å². The highest BCUT2D eigenvalue weighted by atomic mass is 31.2. The van der Waals surface area contributed by atoms with Gasteiger partial charge in [-0.25, -0.2) is 0 Å². The molecule has 0 amide bonds. The molecule has 0 saturated heterocycles. The smallest absolute Gasteiger partial charge is 0.309 e. The van der Waals surface area contributed by atoms with Gasteiger partial charge in [-0.1, -0.05) is 27.2 Å². The van der Waals surface area contributed by atoms with Gasteiger partial charge >= 0.3 is 8.60 Å². The van der Waals surface area contributed by atoms with Crippen LogP contribution >= 0.6 is 8.60 Å². The molecule has 3 nitrogen and oxygen atoms in total. The summed E-state index contributed by atoms with van der Waals surface area (Å²) in [4.78, 5) is 0. The van der Waals surface area contributed by atoms with Gasteiger partial charge < -0.3 is 13.6 Å². The van der Waals surface area contributed by atoms with Gasteiger partial charge in [0.05, 0.1) is 18.3 Å². The Balaban J connectivity index is 2.66. The van der Waals surface area contributed by atoms with Gasteiger partial charge in [0.15, 0.2) is 0 Å². The van der Waals surface area contributed by atoms with Crippen molar-refractivity contribution >= 4 is 8.60 Å². The highest BCUT2D eigenvalue weighted by molar-refractivity contribution is 7.41. The van der Waals surface area contributed by atoms with Gasteiger partial charge in [-0.3, -0.25) is 0 Å². The first kappa shape index (κ1) is 18.4. The lowest BCUT2D eigenvalue weighted by Gasteiger charge is -2.38. The van der Waals surface area contributed by atoms with Crippen molar-refractivity contribution in [2.75, 3.05) is 0 Å². The van der Waals surface area contributed by atoms with E-state index in [1.54, 1.807) is 0 Å². The van der Waals surface area contributed by atoms with Crippen LogP contribution in [-0.2, 0) is 13.6 Å². The standard InChI is InChI=1S/C16H33O3P/c1-11(2)15-9-8-14(7)10-16(15)19-20(17-12(3)4)18-13(5)6/h11-16H,8-10H2,1-7H3. The summed E-state index contributed by atoms with van der Waals surface area (Å²) in [6.07, 6.45) is 4.26. The fourth-order valence-corrected chi connectivity index (χ4v) is 4.07. The molecule has 1 saturated carbocycles. The summed E-state index contributed by atoms with van der Waals surface area (Å²) in [5.41, 5.74) is 0. The summed E-state index contributed by atoms with van der Waals surface area (Å²) >= 11 is 0. The van der Waals surface area contributed by atoms with Crippen LogP contribution in [-0.4, -0.2) is 18.3 Å². The topological polar surface area (TPSA) is 27.7 Å². The van der Waals surface area contributed by atoms with Crippen molar-refractivity contribution in [3.8, 4) is 0 Å².